The molecule has 1 amide bonds. The van der Waals surface area contributed by atoms with Crippen LogP contribution >= 0.6 is 0 Å². The van der Waals surface area contributed by atoms with E-state index in [2.05, 4.69) is 11.5 Å². The molecule has 0 aliphatic heterocycles. The fourth-order valence-corrected chi connectivity index (χ4v) is 3.35. The van der Waals surface area contributed by atoms with Crippen molar-refractivity contribution < 1.29 is 14.3 Å². The molecule has 2 rings (SSSR count). The zero-order valence-electron chi connectivity index (χ0n) is 18.3. The summed E-state index contributed by atoms with van der Waals surface area (Å²) in [4.78, 5) is 26.6. The third-order valence-corrected chi connectivity index (χ3v) is 4.97. The van der Waals surface area contributed by atoms with Crippen molar-refractivity contribution in [2.24, 2.45) is 0 Å². The van der Waals surface area contributed by atoms with Gasteiger partial charge in [-0.05, 0) is 50.5 Å². The lowest BCUT2D eigenvalue weighted by Gasteiger charge is -2.21. The van der Waals surface area contributed by atoms with E-state index in [9.17, 15) is 14.9 Å². The second-order valence-electron chi connectivity index (χ2n) is 7.38. The molecule has 0 saturated carbocycles. The van der Waals surface area contributed by atoms with E-state index >= 15 is 0 Å². The van der Waals surface area contributed by atoms with Crippen LogP contribution in [0.25, 0.3) is 6.08 Å². The van der Waals surface area contributed by atoms with Crippen LogP contribution in [0.5, 0.6) is 0 Å². The summed E-state index contributed by atoms with van der Waals surface area (Å²) in [5.74, 6) is -1.13. The van der Waals surface area contributed by atoms with Crippen LogP contribution in [0.2, 0.25) is 0 Å². The molecule has 158 valence electrons. The van der Waals surface area contributed by atoms with Gasteiger partial charge in [0.25, 0.3) is 5.91 Å². The van der Waals surface area contributed by atoms with E-state index in [-0.39, 0.29) is 11.5 Å². The largest absolute Gasteiger partial charge is 0.448 e. The number of esters is 1. The summed E-state index contributed by atoms with van der Waals surface area (Å²) in [6, 6.07) is 13.4. The van der Waals surface area contributed by atoms with Crippen molar-refractivity contribution in [3.63, 3.8) is 0 Å². The first-order chi connectivity index (χ1) is 14.3. The van der Waals surface area contributed by atoms with Crippen LogP contribution in [0.3, 0.4) is 0 Å². The van der Waals surface area contributed by atoms with E-state index < -0.39 is 12.1 Å². The maximum atomic E-state index is 12.6. The maximum Gasteiger partial charge on any atom is 0.349 e. The minimum absolute atomic E-state index is 0.128. The van der Waals surface area contributed by atoms with Crippen LogP contribution in [0.4, 0.5) is 0 Å². The van der Waals surface area contributed by atoms with Crippen LogP contribution in [-0.4, -0.2) is 34.5 Å². The average molecular weight is 408 g/mol. The number of carbonyl (C=O) groups excluding carboxylic acids is 2. The molecular formula is C24H29N3O3. The molecule has 0 radical (unpaired) electrons. The number of rotatable bonds is 8. The molecule has 6 heteroatoms. The van der Waals surface area contributed by atoms with Gasteiger partial charge in [0.2, 0.25) is 0 Å². The molecule has 1 heterocycles. The van der Waals surface area contributed by atoms with E-state index in [0.717, 1.165) is 35.5 Å². The van der Waals surface area contributed by atoms with Crippen LogP contribution in [0, 0.1) is 25.2 Å². The number of hydrogen-bond donors (Lipinski definition) is 0. The Hall–Kier alpha value is -3.33. The topological polar surface area (TPSA) is 75.3 Å². The van der Waals surface area contributed by atoms with Crippen LogP contribution in [-0.2, 0) is 27.4 Å². The minimum atomic E-state index is -0.990. The Morgan fingerprint density at radius 3 is 2.53 bits per heavy atom. The van der Waals surface area contributed by atoms with Gasteiger partial charge in [-0.2, -0.15) is 5.26 Å². The highest BCUT2D eigenvalue weighted by Gasteiger charge is 2.24. The van der Waals surface area contributed by atoms with Crippen molar-refractivity contribution >= 4 is 18.0 Å². The molecule has 0 aliphatic carbocycles. The summed E-state index contributed by atoms with van der Waals surface area (Å²) >= 11 is 0. The van der Waals surface area contributed by atoms with Gasteiger partial charge in [-0.25, -0.2) is 4.79 Å². The van der Waals surface area contributed by atoms with E-state index in [1.807, 2.05) is 56.3 Å². The number of amides is 1. The Balaban J connectivity index is 2.09. The van der Waals surface area contributed by atoms with E-state index in [1.54, 1.807) is 7.05 Å². The zero-order valence-corrected chi connectivity index (χ0v) is 18.3. The summed E-state index contributed by atoms with van der Waals surface area (Å²) in [5, 5.41) is 9.46. The van der Waals surface area contributed by atoms with Crippen molar-refractivity contribution in [1.29, 1.82) is 5.26 Å². The normalized spacial score (nSPS) is 12.2. The third kappa shape index (κ3) is 5.60. The summed E-state index contributed by atoms with van der Waals surface area (Å²) in [7, 11) is 1.66. The first kappa shape index (κ1) is 23.0. The molecule has 1 aromatic heterocycles. The SMILES string of the molecule is CCCn1c(C)cc(/C=C(\C#N)C(=O)OC(C)C(=O)N(C)Cc2ccccc2)c1C. The Kier molecular flexibility index (Phi) is 7.99. The van der Waals surface area contributed by atoms with Gasteiger partial charge in [-0.15, -0.1) is 0 Å². The van der Waals surface area contributed by atoms with Crippen molar-refractivity contribution in [3.05, 3.63) is 64.5 Å². The second-order valence-corrected chi connectivity index (χ2v) is 7.38. The monoisotopic (exact) mass is 407 g/mol. The molecule has 1 aromatic carbocycles. The molecule has 0 fully saturated rings. The Labute approximate surface area is 178 Å². The molecule has 0 spiro atoms. The smallest absolute Gasteiger partial charge is 0.349 e. The standard InChI is InChI=1S/C24H29N3O3/c1-6-12-27-17(2)13-21(18(27)3)14-22(15-25)24(29)30-19(4)23(28)26(5)16-20-10-8-7-9-11-20/h7-11,13-14,19H,6,12,16H2,1-5H3/b22-14+. The molecule has 6 nitrogen and oxygen atoms in total. The van der Waals surface area contributed by atoms with Gasteiger partial charge in [0, 0.05) is 31.5 Å². The average Bonchev–Trinajstić information content (AvgIpc) is 2.99. The van der Waals surface area contributed by atoms with Gasteiger partial charge < -0.3 is 14.2 Å². The molecule has 1 unspecified atom stereocenters. The zero-order chi connectivity index (χ0) is 22.3. The lowest BCUT2D eigenvalue weighted by molar-refractivity contribution is -0.155. The van der Waals surface area contributed by atoms with Gasteiger partial charge in [-0.3, -0.25) is 4.79 Å². The Morgan fingerprint density at radius 2 is 1.93 bits per heavy atom. The van der Waals surface area contributed by atoms with Crippen LogP contribution in [0.1, 0.15) is 42.8 Å². The third-order valence-electron chi connectivity index (χ3n) is 4.97. The van der Waals surface area contributed by atoms with Gasteiger partial charge in [0.15, 0.2) is 6.10 Å². The summed E-state index contributed by atoms with van der Waals surface area (Å²) < 4.78 is 7.44. The van der Waals surface area contributed by atoms with Gasteiger partial charge >= 0.3 is 5.97 Å². The minimum Gasteiger partial charge on any atom is -0.448 e. The molecule has 0 aliphatic rings. The van der Waals surface area contributed by atoms with Gasteiger partial charge in [0.05, 0.1) is 0 Å². The summed E-state index contributed by atoms with van der Waals surface area (Å²) in [6.07, 6.45) is 1.53. The number of aromatic nitrogens is 1. The number of aryl methyl sites for hydroxylation is 1. The van der Waals surface area contributed by atoms with Crippen molar-refractivity contribution in [2.75, 3.05) is 7.05 Å². The quantitative estimate of drug-likeness (QED) is 0.376. The molecule has 0 N–H and O–H groups in total. The predicted molar refractivity (Wildman–Crippen MR) is 116 cm³/mol. The number of hydrogen-bond acceptors (Lipinski definition) is 4. The fraction of sp³-hybridized carbons (Fsp3) is 0.375. The Bertz CT molecular complexity index is 968. The van der Waals surface area contributed by atoms with Crippen molar-refractivity contribution in [2.45, 2.75) is 53.3 Å². The molecular weight excluding hydrogens is 378 g/mol. The number of nitriles is 1. The van der Waals surface area contributed by atoms with Crippen molar-refractivity contribution in [3.8, 4) is 6.07 Å². The van der Waals surface area contributed by atoms with E-state index in [4.69, 9.17) is 4.74 Å². The molecule has 30 heavy (non-hydrogen) atoms. The molecule has 2 aromatic rings. The fourth-order valence-electron chi connectivity index (χ4n) is 3.35. The number of likely N-dealkylation sites (N-methyl/N-ethyl adjacent to an activating group) is 1. The summed E-state index contributed by atoms with van der Waals surface area (Å²) in [6.45, 7) is 8.85. The van der Waals surface area contributed by atoms with Crippen LogP contribution < -0.4 is 0 Å². The Morgan fingerprint density at radius 1 is 1.27 bits per heavy atom. The van der Waals surface area contributed by atoms with Gasteiger partial charge in [0.1, 0.15) is 11.6 Å². The van der Waals surface area contributed by atoms with E-state index in [1.165, 1.54) is 17.9 Å². The highest BCUT2D eigenvalue weighted by atomic mass is 16.5. The van der Waals surface area contributed by atoms with Crippen molar-refractivity contribution in [1.82, 2.24) is 9.47 Å². The van der Waals surface area contributed by atoms with E-state index in [0.29, 0.717) is 6.54 Å². The van der Waals surface area contributed by atoms with Gasteiger partial charge in [-0.1, -0.05) is 37.3 Å². The first-order valence-electron chi connectivity index (χ1n) is 10.1. The first-order valence-corrected chi connectivity index (χ1v) is 10.1. The maximum absolute atomic E-state index is 12.6. The summed E-state index contributed by atoms with van der Waals surface area (Å²) in [5.41, 5.74) is 3.71. The number of nitrogens with zero attached hydrogens (tertiary/aromatic N) is 3. The predicted octanol–water partition coefficient (Wildman–Crippen LogP) is 4.01. The molecule has 1 atom stereocenters. The highest BCUT2D eigenvalue weighted by molar-refractivity contribution is 5.99. The lowest BCUT2D eigenvalue weighted by atomic mass is 10.1. The lowest BCUT2D eigenvalue weighted by Crippen LogP contribution is -2.37. The molecule has 0 saturated heterocycles. The van der Waals surface area contributed by atoms with Crippen LogP contribution in [0.15, 0.2) is 42.0 Å². The number of carbonyl (C=O) groups is 2. The number of benzene rings is 1. The number of ether oxygens (including phenoxy) is 1. The second kappa shape index (κ2) is 10.4. The highest BCUT2D eigenvalue weighted by Crippen LogP contribution is 2.19. The molecule has 0 bridgehead atoms.